The van der Waals surface area contributed by atoms with Crippen molar-refractivity contribution in [2.45, 2.75) is 31.1 Å². The molecule has 2 atom stereocenters. The van der Waals surface area contributed by atoms with E-state index >= 15 is 0 Å². The second-order valence-corrected chi connectivity index (χ2v) is 7.82. The van der Waals surface area contributed by atoms with E-state index in [-0.39, 0.29) is 5.84 Å². The molecule has 0 aliphatic heterocycles. The highest BCUT2D eigenvalue weighted by Gasteiger charge is 2.41. The number of hydrogen-bond acceptors (Lipinski definition) is 5. The molecule has 1 aromatic heterocycles. The molecule has 2 aliphatic carbocycles. The lowest BCUT2D eigenvalue weighted by atomic mass is 9.84. The zero-order valence-corrected chi connectivity index (χ0v) is 15.4. The van der Waals surface area contributed by atoms with Crippen LogP contribution in [-0.2, 0) is 0 Å². The topological polar surface area (TPSA) is 139 Å². The molecule has 0 amide bonds. The lowest BCUT2D eigenvalue weighted by molar-refractivity contribution is 0.720. The van der Waals surface area contributed by atoms with Gasteiger partial charge >= 0.3 is 0 Å². The molecule has 28 heavy (non-hydrogen) atoms. The highest BCUT2D eigenvalue weighted by atomic mass is 14.7. The van der Waals surface area contributed by atoms with Crippen LogP contribution in [0.5, 0.6) is 0 Å². The third-order valence-corrected chi connectivity index (χ3v) is 6.31. The summed E-state index contributed by atoms with van der Waals surface area (Å²) in [6.07, 6.45) is 4.81. The van der Waals surface area contributed by atoms with Gasteiger partial charge in [0.2, 0.25) is 0 Å². The summed E-state index contributed by atoms with van der Waals surface area (Å²) < 4.78 is 0. The molecule has 0 saturated heterocycles. The fraction of sp³-hybridized carbons (Fsp3) is 0.227. The number of pyridine rings is 1. The van der Waals surface area contributed by atoms with E-state index in [2.05, 4.69) is 0 Å². The molecule has 0 spiro atoms. The molecule has 2 bridgehead atoms. The van der Waals surface area contributed by atoms with Crippen LogP contribution in [0.2, 0.25) is 0 Å². The van der Waals surface area contributed by atoms with E-state index < -0.39 is 0 Å². The molecule has 2 aromatic carbocycles. The van der Waals surface area contributed by atoms with E-state index in [1.165, 1.54) is 23.8 Å². The highest BCUT2D eigenvalue weighted by Crippen LogP contribution is 2.57. The summed E-state index contributed by atoms with van der Waals surface area (Å²) in [7, 11) is 0. The number of rotatable bonds is 3. The molecule has 6 heteroatoms. The fourth-order valence-corrected chi connectivity index (χ4v) is 5.10. The van der Waals surface area contributed by atoms with E-state index in [1.807, 2.05) is 24.3 Å². The maximum atomic E-state index is 7.90. The van der Waals surface area contributed by atoms with Crippen molar-refractivity contribution in [2.24, 2.45) is 5.73 Å². The molecule has 1 fully saturated rings. The van der Waals surface area contributed by atoms with Crippen molar-refractivity contribution in [3.63, 3.8) is 0 Å². The average molecular weight is 370 g/mol. The Labute approximate surface area is 162 Å². The summed E-state index contributed by atoms with van der Waals surface area (Å²) in [6.45, 7) is 0. The van der Waals surface area contributed by atoms with Crippen LogP contribution >= 0.6 is 0 Å². The minimum Gasteiger partial charge on any atom is -0.398 e. The van der Waals surface area contributed by atoms with Crippen molar-refractivity contribution in [3.8, 4) is 11.3 Å². The summed E-state index contributed by atoms with van der Waals surface area (Å²) >= 11 is 0. The summed E-state index contributed by atoms with van der Waals surface area (Å²) in [5, 5.41) is 16.7. The van der Waals surface area contributed by atoms with E-state index in [0.29, 0.717) is 28.8 Å². The Morgan fingerprint density at radius 1 is 1.04 bits per heavy atom. The van der Waals surface area contributed by atoms with Gasteiger partial charge in [0.15, 0.2) is 0 Å². The van der Waals surface area contributed by atoms with Crippen LogP contribution < -0.4 is 17.2 Å². The standard InChI is InChI=1S/C22H22N6/c23-9-14-16(25)5-6-17-20(14)18-10-1-2-11(7-10)19(18)21(28-17)12-3-4-15(24)13(8-12)22(26)27/h3-6,8-11,23H,1-2,7,24-25H2,(H3,26,27)/t10-,11+/m1/s1. The van der Waals surface area contributed by atoms with Gasteiger partial charge in [-0.15, -0.1) is 0 Å². The smallest absolute Gasteiger partial charge is 0.124 e. The van der Waals surface area contributed by atoms with Crippen LogP contribution in [0.25, 0.3) is 22.2 Å². The molecule has 2 aliphatic rings. The number of hydrogen-bond donors (Lipinski definition) is 5. The molecule has 0 unspecified atom stereocenters. The van der Waals surface area contributed by atoms with Crippen LogP contribution in [0.4, 0.5) is 11.4 Å². The number of amidine groups is 1. The van der Waals surface area contributed by atoms with E-state index in [1.54, 1.807) is 6.07 Å². The lowest BCUT2D eigenvalue weighted by Crippen LogP contribution is -2.14. The van der Waals surface area contributed by atoms with Gasteiger partial charge in [-0.1, -0.05) is 6.07 Å². The normalized spacial score (nSPS) is 19.7. The van der Waals surface area contributed by atoms with Crippen molar-refractivity contribution in [1.82, 2.24) is 4.98 Å². The van der Waals surface area contributed by atoms with Gasteiger partial charge < -0.3 is 22.6 Å². The highest BCUT2D eigenvalue weighted by molar-refractivity contribution is 6.06. The van der Waals surface area contributed by atoms with Gasteiger partial charge in [-0.25, -0.2) is 4.98 Å². The van der Waals surface area contributed by atoms with Crippen molar-refractivity contribution in [3.05, 3.63) is 52.6 Å². The number of nitrogens with one attached hydrogen (secondary N) is 2. The summed E-state index contributed by atoms with van der Waals surface area (Å²) in [6, 6.07) is 9.38. The molecule has 6 nitrogen and oxygen atoms in total. The third kappa shape index (κ3) is 2.17. The van der Waals surface area contributed by atoms with Crippen LogP contribution in [0, 0.1) is 10.8 Å². The van der Waals surface area contributed by atoms with Crippen molar-refractivity contribution in [2.75, 3.05) is 11.5 Å². The van der Waals surface area contributed by atoms with E-state index in [4.69, 9.17) is 33.0 Å². The average Bonchev–Trinajstić information content (AvgIpc) is 3.30. The Kier molecular flexibility index (Phi) is 3.46. The second-order valence-electron chi connectivity index (χ2n) is 7.82. The molecule has 1 heterocycles. The minimum absolute atomic E-state index is 0.0443. The minimum atomic E-state index is -0.0443. The molecule has 8 N–H and O–H groups in total. The van der Waals surface area contributed by atoms with Gasteiger partial charge in [-0.05, 0) is 66.5 Å². The second kappa shape index (κ2) is 5.79. The van der Waals surface area contributed by atoms with Crippen LogP contribution in [0.3, 0.4) is 0 Å². The number of nitrogens with two attached hydrogens (primary N) is 3. The quantitative estimate of drug-likeness (QED) is 0.272. The van der Waals surface area contributed by atoms with Gasteiger partial charge in [0.25, 0.3) is 0 Å². The number of fused-ring (bicyclic) bond motifs is 7. The molecule has 1 saturated carbocycles. The number of aromatic nitrogens is 1. The summed E-state index contributed by atoms with van der Waals surface area (Å²) in [5.41, 5.74) is 25.6. The maximum absolute atomic E-state index is 7.90. The SMILES string of the molecule is N=Cc1c(N)ccc2nc(-c3ccc(N)c(C(=N)N)c3)c3c(c12)[C@@H]1CC[C@H]3C1. The first-order chi connectivity index (χ1) is 13.5. The zero-order valence-electron chi connectivity index (χ0n) is 15.4. The van der Waals surface area contributed by atoms with Gasteiger partial charge in [0.05, 0.1) is 11.2 Å². The van der Waals surface area contributed by atoms with Gasteiger partial charge in [0.1, 0.15) is 5.84 Å². The van der Waals surface area contributed by atoms with Gasteiger partial charge in [0, 0.05) is 39.7 Å². The number of nitrogens with zero attached hydrogens (tertiary/aromatic N) is 1. The van der Waals surface area contributed by atoms with Crippen molar-refractivity contribution in [1.29, 1.82) is 10.8 Å². The van der Waals surface area contributed by atoms with Crippen LogP contribution in [0.1, 0.15) is 53.4 Å². The van der Waals surface area contributed by atoms with E-state index in [0.717, 1.165) is 40.6 Å². The largest absolute Gasteiger partial charge is 0.398 e. The monoisotopic (exact) mass is 370 g/mol. The van der Waals surface area contributed by atoms with Crippen molar-refractivity contribution >= 4 is 34.3 Å². The molecular formula is C22H22N6. The number of anilines is 2. The lowest BCUT2D eigenvalue weighted by Gasteiger charge is -2.22. The molecule has 5 rings (SSSR count). The Balaban J connectivity index is 1.87. The first kappa shape index (κ1) is 16.7. The molecule has 3 aromatic rings. The molecule has 0 radical (unpaired) electrons. The fourth-order valence-electron chi connectivity index (χ4n) is 5.10. The first-order valence-corrected chi connectivity index (χ1v) is 9.50. The Bertz CT molecular complexity index is 1180. The third-order valence-electron chi connectivity index (χ3n) is 6.31. The van der Waals surface area contributed by atoms with Gasteiger partial charge in [-0.3, -0.25) is 5.41 Å². The van der Waals surface area contributed by atoms with Crippen molar-refractivity contribution < 1.29 is 0 Å². The van der Waals surface area contributed by atoms with E-state index in [9.17, 15) is 0 Å². The zero-order chi connectivity index (χ0) is 19.6. The molecular weight excluding hydrogens is 348 g/mol. The predicted octanol–water partition coefficient (Wildman–Crippen LogP) is 3.71. The van der Waals surface area contributed by atoms with Crippen LogP contribution in [0.15, 0.2) is 30.3 Å². The Hall–Kier alpha value is -3.41. The first-order valence-electron chi connectivity index (χ1n) is 9.50. The molecule has 140 valence electrons. The predicted molar refractivity (Wildman–Crippen MR) is 114 cm³/mol. The number of benzene rings is 2. The summed E-state index contributed by atoms with van der Waals surface area (Å²) in [5.74, 6) is 0.924. The number of nitrogen functional groups attached to an aromatic ring is 3. The van der Waals surface area contributed by atoms with Crippen LogP contribution in [-0.4, -0.2) is 17.0 Å². The summed E-state index contributed by atoms with van der Waals surface area (Å²) in [4.78, 5) is 5.00. The maximum Gasteiger partial charge on any atom is 0.124 e. The Morgan fingerprint density at radius 2 is 1.75 bits per heavy atom. The Morgan fingerprint density at radius 3 is 2.46 bits per heavy atom. The van der Waals surface area contributed by atoms with Gasteiger partial charge in [-0.2, -0.15) is 0 Å².